The highest BCUT2D eigenvalue weighted by atomic mass is 32.2. The number of rotatable bonds is 7. The number of aliphatic hydroxyl groups is 1. The molecule has 6 nitrogen and oxygen atoms in total. The Morgan fingerprint density at radius 2 is 1.96 bits per heavy atom. The van der Waals surface area contributed by atoms with E-state index in [0.29, 0.717) is 5.75 Å². The van der Waals surface area contributed by atoms with Gasteiger partial charge in [-0.1, -0.05) is 0 Å². The normalized spacial score (nSPS) is 13.0. The Hall–Kier alpha value is -1.83. The summed E-state index contributed by atoms with van der Waals surface area (Å²) in [5, 5.41) is 10.2. The van der Waals surface area contributed by atoms with Crippen LogP contribution in [0.15, 0.2) is 35.4 Å². The van der Waals surface area contributed by atoms with Gasteiger partial charge in [0.25, 0.3) is 0 Å². The Bertz CT molecular complexity index is 812. The van der Waals surface area contributed by atoms with Crippen LogP contribution in [0, 0.1) is 13.8 Å². The lowest BCUT2D eigenvalue weighted by Crippen LogP contribution is -2.26. The lowest BCUT2D eigenvalue weighted by molar-refractivity contribution is 0.161. The smallest absolute Gasteiger partial charge is 0.244 e. The van der Waals surface area contributed by atoms with E-state index in [2.05, 4.69) is 4.72 Å². The molecule has 1 aromatic heterocycles. The van der Waals surface area contributed by atoms with Gasteiger partial charge in [0.2, 0.25) is 10.0 Å². The van der Waals surface area contributed by atoms with Crippen molar-refractivity contribution in [2.75, 3.05) is 13.7 Å². The fourth-order valence-corrected chi connectivity index (χ4v) is 3.79. The van der Waals surface area contributed by atoms with E-state index in [4.69, 9.17) is 4.74 Å². The number of aromatic nitrogens is 1. The molecule has 0 aliphatic heterocycles. The molecule has 0 amide bonds. The van der Waals surface area contributed by atoms with Gasteiger partial charge < -0.3 is 14.4 Å². The molecular weight excluding hydrogens is 328 g/mol. The highest BCUT2D eigenvalue weighted by molar-refractivity contribution is 7.89. The lowest BCUT2D eigenvalue weighted by atomic mass is 10.1. The van der Waals surface area contributed by atoms with E-state index in [0.717, 1.165) is 16.8 Å². The number of hydrogen-bond donors (Lipinski definition) is 2. The van der Waals surface area contributed by atoms with Crippen molar-refractivity contribution in [2.24, 2.45) is 7.05 Å². The fourth-order valence-electron chi connectivity index (χ4n) is 2.51. The number of sulfonamides is 1. The summed E-state index contributed by atoms with van der Waals surface area (Å²) in [5.74, 6) is 0.314. The van der Waals surface area contributed by atoms with E-state index in [1.165, 1.54) is 7.11 Å². The molecule has 24 heavy (non-hydrogen) atoms. The maximum atomic E-state index is 12.5. The largest absolute Gasteiger partial charge is 0.495 e. The molecule has 0 bridgehead atoms. The van der Waals surface area contributed by atoms with Crippen LogP contribution in [0.25, 0.3) is 0 Å². The minimum atomic E-state index is -3.71. The molecule has 1 unspecified atom stereocenters. The van der Waals surface area contributed by atoms with Crippen LogP contribution in [0.1, 0.15) is 29.3 Å². The molecule has 0 aliphatic rings. The molecule has 0 aliphatic carbocycles. The van der Waals surface area contributed by atoms with Crippen LogP contribution in [0.5, 0.6) is 5.75 Å². The Kier molecular flexibility index (Phi) is 5.69. The zero-order chi connectivity index (χ0) is 17.9. The number of ether oxygens (including phenoxy) is 1. The monoisotopic (exact) mass is 352 g/mol. The number of aryl methyl sites for hydroxylation is 3. The number of methoxy groups -OCH3 is 1. The summed E-state index contributed by atoms with van der Waals surface area (Å²) in [7, 11) is -0.427. The second-order valence-corrected chi connectivity index (χ2v) is 7.57. The molecule has 132 valence electrons. The summed E-state index contributed by atoms with van der Waals surface area (Å²) in [6, 6.07) is 6.96. The predicted octanol–water partition coefficient (Wildman–Crippen LogP) is 2.05. The van der Waals surface area contributed by atoms with Gasteiger partial charge in [-0.15, -0.1) is 0 Å². The SMILES string of the molecule is COc1cc(C)c(C)cc1S(=O)(=O)NCCC(O)c1cccn1C. The molecule has 0 spiro atoms. The molecule has 0 fully saturated rings. The van der Waals surface area contributed by atoms with E-state index in [-0.39, 0.29) is 17.9 Å². The van der Waals surface area contributed by atoms with E-state index in [1.54, 1.807) is 12.1 Å². The quantitative estimate of drug-likeness (QED) is 0.799. The van der Waals surface area contributed by atoms with Crippen LogP contribution in [0.2, 0.25) is 0 Å². The Balaban J connectivity index is 2.09. The van der Waals surface area contributed by atoms with Crippen LogP contribution < -0.4 is 9.46 Å². The lowest BCUT2D eigenvalue weighted by Gasteiger charge is -2.15. The van der Waals surface area contributed by atoms with Gasteiger partial charge in [0.15, 0.2) is 0 Å². The van der Waals surface area contributed by atoms with Crippen molar-refractivity contribution in [3.63, 3.8) is 0 Å². The molecule has 0 saturated heterocycles. The number of nitrogens with zero attached hydrogens (tertiary/aromatic N) is 1. The standard InChI is InChI=1S/C17H24N2O4S/c1-12-10-16(23-4)17(11-13(12)2)24(21,22)18-8-7-15(20)14-6-5-9-19(14)3/h5-6,9-11,15,18,20H,7-8H2,1-4H3. The predicted molar refractivity (Wildman–Crippen MR) is 92.6 cm³/mol. The van der Waals surface area contributed by atoms with Gasteiger partial charge in [0.05, 0.1) is 13.2 Å². The first-order valence-corrected chi connectivity index (χ1v) is 9.18. The van der Waals surface area contributed by atoms with E-state index in [9.17, 15) is 13.5 Å². The van der Waals surface area contributed by atoms with Crippen LogP contribution in [-0.4, -0.2) is 31.7 Å². The minimum absolute atomic E-state index is 0.112. The second-order valence-electron chi connectivity index (χ2n) is 5.83. The van der Waals surface area contributed by atoms with Crippen molar-refractivity contribution < 1.29 is 18.3 Å². The Labute approximate surface area is 143 Å². The molecule has 2 aromatic rings. The summed E-state index contributed by atoms with van der Waals surface area (Å²) < 4.78 is 34.6. The van der Waals surface area contributed by atoms with E-state index < -0.39 is 16.1 Å². The van der Waals surface area contributed by atoms with Crippen molar-refractivity contribution in [1.82, 2.24) is 9.29 Å². The third kappa shape index (κ3) is 3.98. The fraction of sp³-hybridized carbons (Fsp3) is 0.412. The van der Waals surface area contributed by atoms with Crippen LogP contribution in [0.3, 0.4) is 0 Å². The number of benzene rings is 1. The maximum absolute atomic E-state index is 12.5. The van der Waals surface area contributed by atoms with Gasteiger partial charge in [0, 0.05) is 25.5 Å². The molecular formula is C17H24N2O4S. The summed E-state index contributed by atoms with van der Waals surface area (Å²) >= 11 is 0. The summed E-state index contributed by atoms with van der Waals surface area (Å²) in [6.07, 6.45) is 1.39. The first-order valence-electron chi connectivity index (χ1n) is 7.70. The third-order valence-electron chi connectivity index (χ3n) is 4.10. The van der Waals surface area contributed by atoms with Crippen molar-refractivity contribution >= 4 is 10.0 Å². The van der Waals surface area contributed by atoms with Gasteiger partial charge in [-0.3, -0.25) is 0 Å². The molecule has 2 rings (SSSR count). The first-order chi connectivity index (χ1) is 11.3. The number of hydrogen-bond acceptors (Lipinski definition) is 4. The van der Waals surface area contributed by atoms with Crippen LogP contribution in [-0.2, 0) is 17.1 Å². The van der Waals surface area contributed by atoms with Crippen molar-refractivity contribution in [3.8, 4) is 5.75 Å². The molecule has 1 heterocycles. The molecule has 2 N–H and O–H groups in total. The molecule has 1 aromatic carbocycles. The number of nitrogens with one attached hydrogen (secondary N) is 1. The van der Waals surface area contributed by atoms with Gasteiger partial charge in [-0.2, -0.15) is 0 Å². The van der Waals surface area contributed by atoms with E-state index >= 15 is 0 Å². The molecule has 1 atom stereocenters. The summed E-state index contributed by atoms with van der Waals surface area (Å²) in [6.45, 7) is 3.88. The zero-order valence-electron chi connectivity index (χ0n) is 14.4. The van der Waals surface area contributed by atoms with Crippen LogP contribution >= 0.6 is 0 Å². The summed E-state index contributed by atoms with van der Waals surface area (Å²) in [5.41, 5.74) is 2.59. The average molecular weight is 352 g/mol. The second kappa shape index (κ2) is 7.38. The van der Waals surface area contributed by atoms with Crippen LogP contribution in [0.4, 0.5) is 0 Å². The summed E-state index contributed by atoms with van der Waals surface area (Å²) in [4.78, 5) is 0.112. The van der Waals surface area contributed by atoms with Crippen molar-refractivity contribution in [3.05, 3.63) is 47.3 Å². The van der Waals surface area contributed by atoms with Crippen molar-refractivity contribution in [2.45, 2.75) is 31.3 Å². The number of aliphatic hydroxyl groups excluding tert-OH is 1. The van der Waals surface area contributed by atoms with Gasteiger partial charge in [-0.05, 0) is 55.7 Å². The minimum Gasteiger partial charge on any atom is -0.495 e. The zero-order valence-corrected chi connectivity index (χ0v) is 15.2. The highest BCUT2D eigenvalue weighted by Gasteiger charge is 2.21. The third-order valence-corrected chi connectivity index (χ3v) is 5.59. The Morgan fingerprint density at radius 3 is 2.54 bits per heavy atom. The van der Waals surface area contributed by atoms with Gasteiger partial charge in [0.1, 0.15) is 10.6 Å². The first kappa shape index (κ1) is 18.5. The molecule has 0 radical (unpaired) electrons. The van der Waals surface area contributed by atoms with E-state index in [1.807, 2.05) is 43.8 Å². The van der Waals surface area contributed by atoms with Gasteiger partial charge in [-0.25, -0.2) is 13.1 Å². The average Bonchev–Trinajstić information content (AvgIpc) is 2.95. The highest BCUT2D eigenvalue weighted by Crippen LogP contribution is 2.27. The van der Waals surface area contributed by atoms with Gasteiger partial charge >= 0.3 is 0 Å². The van der Waals surface area contributed by atoms with Crippen molar-refractivity contribution in [1.29, 1.82) is 0 Å². The molecule has 7 heteroatoms. The topological polar surface area (TPSA) is 80.6 Å². The Morgan fingerprint density at radius 1 is 1.29 bits per heavy atom. The molecule has 0 saturated carbocycles. The maximum Gasteiger partial charge on any atom is 0.244 e.